The van der Waals surface area contributed by atoms with Crippen LogP contribution in [0.4, 0.5) is 5.13 Å². The molecule has 2 heterocycles. The van der Waals surface area contributed by atoms with Gasteiger partial charge in [0.05, 0.1) is 5.69 Å². The van der Waals surface area contributed by atoms with Crippen molar-refractivity contribution in [1.82, 2.24) is 10.3 Å². The van der Waals surface area contributed by atoms with Crippen molar-refractivity contribution in [3.8, 4) is 0 Å². The van der Waals surface area contributed by atoms with E-state index in [0.717, 1.165) is 12.6 Å². The molecule has 1 unspecified atom stereocenters. The summed E-state index contributed by atoms with van der Waals surface area (Å²) >= 11 is 1.80. The molecule has 96 valence electrons. The minimum absolute atomic E-state index is 0.724. The van der Waals surface area contributed by atoms with Crippen LogP contribution in [-0.2, 0) is 6.54 Å². The first-order valence-corrected chi connectivity index (χ1v) is 7.58. The van der Waals surface area contributed by atoms with Crippen molar-refractivity contribution in [1.29, 1.82) is 0 Å². The molecular formula is C13H23N3S. The van der Waals surface area contributed by atoms with Crippen LogP contribution >= 0.6 is 11.3 Å². The summed E-state index contributed by atoms with van der Waals surface area (Å²) in [6.45, 7) is 4.35. The molecule has 17 heavy (non-hydrogen) atoms. The molecule has 0 amide bonds. The smallest absolute Gasteiger partial charge is 0.185 e. The van der Waals surface area contributed by atoms with Crippen LogP contribution in [0.25, 0.3) is 0 Å². The SMILES string of the molecule is CCCC1CCCCN1c1nc(CNC)cs1. The number of piperidine rings is 1. The minimum atomic E-state index is 0.724. The van der Waals surface area contributed by atoms with E-state index in [1.807, 2.05) is 7.05 Å². The molecule has 0 aromatic carbocycles. The van der Waals surface area contributed by atoms with Crippen molar-refractivity contribution in [3.63, 3.8) is 0 Å². The van der Waals surface area contributed by atoms with Crippen molar-refractivity contribution in [2.45, 2.75) is 51.6 Å². The number of anilines is 1. The third kappa shape index (κ3) is 3.19. The summed E-state index contributed by atoms with van der Waals surface area (Å²) in [4.78, 5) is 7.28. The maximum Gasteiger partial charge on any atom is 0.185 e. The van der Waals surface area contributed by atoms with Crippen molar-refractivity contribution in [2.24, 2.45) is 0 Å². The van der Waals surface area contributed by atoms with Gasteiger partial charge < -0.3 is 10.2 Å². The molecule has 1 aliphatic heterocycles. The highest BCUT2D eigenvalue weighted by Gasteiger charge is 2.23. The number of rotatable bonds is 5. The zero-order valence-electron chi connectivity index (χ0n) is 10.9. The highest BCUT2D eigenvalue weighted by atomic mass is 32.1. The Balaban J connectivity index is 2.06. The third-order valence-electron chi connectivity index (χ3n) is 3.39. The Bertz CT molecular complexity index is 335. The standard InChI is InChI=1S/C13H23N3S/c1-3-6-12-7-4-5-8-16(12)13-15-11(9-14-2)10-17-13/h10,12,14H,3-9H2,1-2H3. The topological polar surface area (TPSA) is 28.2 Å². The molecule has 2 rings (SSSR count). The van der Waals surface area contributed by atoms with Gasteiger partial charge in [-0.2, -0.15) is 0 Å². The summed E-state index contributed by atoms with van der Waals surface area (Å²) in [5.74, 6) is 0. The molecule has 4 heteroatoms. The zero-order valence-corrected chi connectivity index (χ0v) is 11.7. The second-order valence-electron chi connectivity index (χ2n) is 4.78. The van der Waals surface area contributed by atoms with Crippen LogP contribution in [-0.4, -0.2) is 24.6 Å². The molecule has 3 nitrogen and oxygen atoms in total. The maximum absolute atomic E-state index is 4.74. The Morgan fingerprint density at radius 2 is 2.41 bits per heavy atom. The number of nitrogens with zero attached hydrogens (tertiary/aromatic N) is 2. The number of hydrogen-bond donors (Lipinski definition) is 1. The monoisotopic (exact) mass is 253 g/mol. The van der Waals surface area contributed by atoms with E-state index in [0.29, 0.717) is 0 Å². The molecule has 1 N–H and O–H groups in total. The summed E-state index contributed by atoms with van der Waals surface area (Å²) in [6.07, 6.45) is 6.63. The van der Waals surface area contributed by atoms with Gasteiger partial charge in [0.15, 0.2) is 5.13 Å². The Hall–Kier alpha value is -0.610. The molecule has 1 aromatic heterocycles. The van der Waals surface area contributed by atoms with Crippen molar-refractivity contribution in [2.75, 3.05) is 18.5 Å². The number of hydrogen-bond acceptors (Lipinski definition) is 4. The van der Waals surface area contributed by atoms with Crippen molar-refractivity contribution < 1.29 is 0 Å². The van der Waals surface area contributed by atoms with Crippen LogP contribution in [0.3, 0.4) is 0 Å². The fourth-order valence-electron chi connectivity index (χ4n) is 2.58. The van der Waals surface area contributed by atoms with E-state index in [-0.39, 0.29) is 0 Å². The lowest BCUT2D eigenvalue weighted by Gasteiger charge is -2.35. The first-order chi connectivity index (χ1) is 8.35. The average Bonchev–Trinajstić information content (AvgIpc) is 2.79. The van der Waals surface area contributed by atoms with E-state index < -0.39 is 0 Å². The van der Waals surface area contributed by atoms with Crippen LogP contribution < -0.4 is 10.2 Å². The lowest BCUT2D eigenvalue weighted by molar-refractivity contribution is 0.434. The quantitative estimate of drug-likeness (QED) is 0.874. The largest absolute Gasteiger partial charge is 0.345 e. The second kappa shape index (κ2) is 6.36. The van der Waals surface area contributed by atoms with Crippen LogP contribution in [0.2, 0.25) is 0 Å². The van der Waals surface area contributed by atoms with Gasteiger partial charge >= 0.3 is 0 Å². The molecule has 0 spiro atoms. The molecule has 1 aromatic rings. The lowest BCUT2D eigenvalue weighted by atomic mass is 9.99. The van der Waals surface area contributed by atoms with Crippen LogP contribution in [0.15, 0.2) is 5.38 Å². The predicted molar refractivity (Wildman–Crippen MR) is 74.8 cm³/mol. The second-order valence-corrected chi connectivity index (χ2v) is 5.62. The van der Waals surface area contributed by atoms with E-state index in [1.165, 1.54) is 49.5 Å². The Morgan fingerprint density at radius 3 is 3.18 bits per heavy atom. The van der Waals surface area contributed by atoms with Gasteiger partial charge in [0.1, 0.15) is 0 Å². The van der Waals surface area contributed by atoms with Crippen LogP contribution in [0, 0.1) is 0 Å². The Labute approximate surface area is 108 Å². The Kier molecular flexibility index (Phi) is 4.80. The molecule has 0 bridgehead atoms. The minimum Gasteiger partial charge on any atom is -0.345 e. The van der Waals surface area contributed by atoms with Gasteiger partial charge in [-0.15, -0.1) is 11.3 Å². The fraction of sp³-hybridized carbons (Fsp3) is 0.769. The Morgan fingerprint density at radius 1 is 1.53 bits per heavy atom. The van der Waals surface area contributed by atoms with Gasteiger partial charge in [-0.05, 0) is 32.7 Å². The van der Waals surface area contributed by atoms with Gasteiger partial charge in [-0.1, -0.05) is 13.3 Å². The van der Waals surface area contributed by atoms with Gasteiger partial charge in [-0.25, -0.2) is 4.98 Å². The zero-order chi connectivity index (χ0) is 12.1. The normalized spacial score (nSPS) is 20.8. The highest BCUT2D eigenvalue weighted by molar-refractivity contribution is 7.13. The molecule has 1 fully saturated rings. The number of thiazole rings is 1. The fourth-order valence-corrected chi connectivity index (χ4v) is 3.50. The van der Waals surface area contributed by atoms with Gasteiger partial charge in [0, 0.05) is 24.5 Å². The van der Waals surface area contributed by atoms with E-state index in [4.69, 9.17) is 4.98 Å². The predicted octanol–water partition coefficient (Wildman–Crippen LogP) is 3.02. The van der Waals surface area contributed by atoms with Gasteiger partial charge in [0.25, 0.3) is 0 Å². The molecular weight excluding hydrogens is 230 g/mol. The van der Waals surface area contributed by atoms with E-state index in [1.54, 1.807) is 11.3 Å². The summed E-state index contributed by atoms with van der Waals surface area (Å²) in [5.41, 5.74) is 1.17. The molecule has 1 atom stereocenters. The molecule has 0 saturated carbocycles. The van der Waals surface area contributed by atoms with Crippen LogP contribution in [0.5, 0.6) is 0 Å². The number of aromatic nitrogens is 1. The van der Waals surface area contributed by atoms with Gasteiger partial charge in [-0.3, -0.25) is 0 Å². The van der Waals surface area contributed by atoms with Gasteiger partial charge in [0.2, 0.25) is 0 Å². The molecule has 1 aliphatic rings. The van der Waals surface area contributed by atoms with E-state index in [9.17, 15) is 0 Å². The third-order valence-corrected chi connectivity index (χ3v) is 4.32. The van der Waals surface area contributed by atoms with Crippen molar-refractivity contribution >= 4 is 16.5 Å². The summed E-state index contributed by atoms with van der Waals surface area (Å²) in [6, 6.07) is 0.724. The maximum atomic E-state index is 4.74. The summed E-state index contributed by atoms with van der Waals surface area (Å²) in [5, 5.41) is 6.58. The number of nitrogens with one attached hydrogen (secondary N) is 1. The molecule has 1 saturated heterocycles. The first-order valence-electron chi connectivity index (χ1n) is 6.70. The van der Waals surface area contributed by atoms with Crippen molar-refractivity contribution in [3.05, 3.63) is 11.1 Å². The molecule has 0 radical (unpaired) electrons. The lowest BCUT2D eigenvalue weighted by Crippen LogP contribution is -2.39. The summed E-state index contributed by atoms with van der Waals surface area (Å²) < 4.78 is 0. The molecule has 0 aliphatic carbocycles. The average molecular weight is 253 g/mol. The first kappa shape index (κ1) is 12.8. The van der Waals surface area contributed by atoms with E-state index in [2.05, 4.69) is 22.5 Å². The van der Waals surface area contributed by atoms with Crippen LogP contribution in [0.1, 0.15) is 44.7 Å². The highest BCUT2D eigenvalue weighted by Crippen LogP contribution is 2.29. The van der Waals surface area contributed by atoms with E-state index >= 15 is 0 Å². The summed E-state index contributed by atoms with van der Waals surface area (Å²) in [7, 11) is 1.97.